The van der Waals surface area contributed by atoms with Crippen molar-refractivity contribution >= 4 is 42.6 Å². The second-order valence-corrected chi connectivity index (χ2v) is 9.03. The van der Waals surface area contributed by atoms with E-state index in [4.69, 9.17) is 0 Å². The van der Waals surface area contributed by atoms with Crippen molar-refractivity contribution in [2.24, 2.45) is 5.92 Å². The van der Waals surface area contributed by atoms with Gasteiger partial charge in [0.25, 0.3) is 0 Å². The van der Waals surface area contributed by atoms with Gasteiger partial charge >= 0.3 is 0 Å². The summed E-state index contributed by atoms with van der Waals surface area (Å²) in [6.45, 7) is 0. The van der Waals surface area contributed by atoms with E-state index in [2.05, 4.69) is 15.0 Å². The number of rotatable bonds is 5. The van der Waals surface area contributed by atoms with Gasteiger partial charge in [-0.05, 0) is 44.0 Å². The normalized spacial score (nSPS) is 16.4. The van der Waals surface area contributed by atoms with Crippen LogP contribution < -0.4 is 10.0 Å². The molecule has 0 radical (unpaired) electrons. The maximum Gasteiger partial charge on any atom is 0.240 e. The van der Waals surface area contributed by atoms with Crippen LogP contribution in [0, 0.1) is 5.92 Å². The Morgan fingerprint density at radius 2 is 2.04 bits per heavy atom. The summed E-state index contributed by atoms with van der Waals surface area (Å²) in [7, 11) is -2.10. The zero-order valence-corrected chi connectivity index (χ0v) is 15.2. The highest BCUT2D eigenvalue weighted by Crippen LogP contribution is 2.30. The molecule has 6 nitrogen and oxygen atoms in total. The summed E-state index contributed by atoms with van der Waals surface area (Å²) >= 11 is 1.29. The molecule has 1 heterocycles. The van der Waals surface area contributed by atoms with Crippen LogP contribution in [0.5, 0.6) is 0 Å². The average Bonchev–Trinajstić information content (AvgIpc) is 2.96. The molecule has 2 N–H and O–H groups in total. The number of nitrogens with zero attached hydrogens (tertiary/aromatic N) is 1. The lowest BCUT2D eigenvalue weighted by atomic mass is 9.87. The molecule has 1 aliphatic rings. The summed E-state index contributed by atoms with van der Waals surface area (Å²) < 4.78 is 26.7. The number of amides is 1. The van der Waals surface area contributed by atoms with Crippen LogP contribution in [0.2, 0.25) is 0 Å². The predicted molar refractivity (Wildman–Crippen MR) is 95.7 cm³/mol. The van der Waals surface area contributed by atoms with Crippen LogP contribution in [-0.2, 0) is 14.8 Å². The Labute approximate surface area is 145 Å². The van der Waals surface area contributed by atoms with E-state index < -0.39 is 10.0 Å². The van der Waals surface area contributed by atoms with E-state index in [0.29, 0.717) is 23.0 Å². The minimum absolute atomic E-state index is 0.0102. The maximum atomic E-state index is 12.2. The van der Waals surface area contributed by atoms with Crippen LogP contribution >= 0.6 is 11.3 Å². The molecule has 0 bridgehead atoms. The third-order valence-electron chi connectivity index (χ3n) is 4.38. The summed E-state index contributed by atoms with van der Waals surface area (Å²) in [5.74, 6) is 0.463. The van der Waals surface area contributed by atoms with Gasteiger partial charge in [0, 0.05) is 6.42 Å². The Hall–Kier alpha value is -1.51. The Bertz CT molecular complexity index is 839. The van der Waals surface area contributed by atoms with Gasteiger partial charge in [-0.1, -0.05) is 30.6 Å². The third kappa shape index (κ3) is 3.93. The quantitative estimate of drug-likeness (QED) is 0.850. The molecule has 1 saturated carbocycles. The van der Waals surface area contributed by atoms with Crippen molar-refractivity contribution in [2.75, 3.05) is 12.4 Å². The van der Waals surface area contributed by atoms with Crippen molar-refractivity contribution in [3.05, 3.63) is 18.2 Å². The molecule has 24 heavy (non-hydrogen) atoms. The number of benzene rings is 1. The first kappa shape index (κ1) is 17.3. The number of nitrogens with one attached hydrogen (secondary N) is 2. The number of thiazole rings is 1. The van der Waals surface area contributed by atoms with Crippen LogP contribution in [0.4, 0.5) is 5.13 Å². The molecule has 1 fully saturated rings. The standard InChI is InChI=1S/C16H21N3O3S2/c1-17-24(21,22)12-7-8-13-14(10-12)23-16(18-13)19-15(20)9-11-5-3-2-4-6-11/h7-8,10-11,17H,2-6,9H2,1H3,(H,18,19,20). The number of sulfonamides is 1. The first-order chi connectivity index (χ1) is 11.5. The molecule has 1 aliphatic carbocycles. The zero-order chi connectivity index (χ0) is 17.2. The number of hydrogen-bond donors (Lipinski definition) is 2. The summed E-state index contributed by atoms with van der Waals surface area (Å²) in [4.78, 5) is 16.7. The van der Waals surface area contributed by atoms with Crippen LogP contribution in [0.25, 0.3) is 10.2 Å². The summed E-state index contributed by atoms with van der Waals surface area (Å²) in [6, 6.07) is 4.75. The fourth-order valence-corrected chi connectivity index (χ4v) is 4.82. The highest BCUT2D eigenvalue weighted by atomic mass is 32.2. The van der Waals surface area contributed by atoms with E-state index in [1.165, 1.54) is 43.7 Å². The van der Waals surface area contributed by atoms with E-state index >= 15 is 0 Å². The number of hydrogen-bond acceptors (Lipinski definition) is 5. The fourth-order valence-electron chi connectivity index (χ4n) is 3.07. The SMILES string of the molecule is CNS(=O)(=O)c1ccc2nc(NC(=O)CC3CCCCC3)sc2c1. The van der Waals surface area contributed by atoms with Crippen LogP contribution in [-0.4, -0.2) is 26.4 Å². The first-order valence-corrected chi connectivity index (χ1v) is 10.4. The minimum atomic E-state index is -3.48. The Morgan fingerprint density at radius 1 is 1.29 bits per heavy atom. The molecule has 3 rings (SSSR count). The number of fused-ring (bicyclic) bond motifs is 1. The van der Waals surface area contributed by atoms with Gasteiger partial charge < -0.3 is 5.32 Å². The molecule has 0 spiro atoms. The molecular weight excluding hydrogens is 346 g/mol. The lowest BCUT2D eigenvalue weighted by molar-refractivity contribution is -0.117. The largest absolute Gasteiger partial charge is 0.302 e. The third-order valence-corrected chi connectivity index (χ3v) is 6.73. The van der Waals surface area contributed by atoms with Crippen molar-refractivity contribution in [1.82, 2.24) is 9.71 Å². The minimum Gasteiger partial charge on any atom is -0.302 e. The smallest absolute Gasteiger partial charge is 0.240 e. The molecule has 0 unspecified atom stereocenters. The van der Waals surface area contributed by atoms with E-state index in [-0.39, 0.29) is 10.8 Å². The van der Waals surface area contributed by atoms with Crippen molar-refractivity contribution in [2.45, 2.75) is 43.4 Å². The van der Waals surface area contributed by atoms with E-state index in [1.807, 2.05) is 0 Å². The number of anilines is 1. The second kappa shape index (κ2) is 7.16. The first-order valence-electron chi connectivity index (χ1n) is 8.12. The van der Waals surface area contributed by atoms with Gasteiger partial charge in [-0.15, -0.1) is 0 Å². The van der Waals surface area contributed by atoms with E-state index in [9.17, 15) is 13.2 Å². The molecule has 1 aromatic carbocycles. The van der Waals surface area contributed by atoms with Gasteiger partial charge in [-0.3, -0.25) is 4.79 Å². The number of aromatic nitrogens is 1. The number of carbonyl (C=O) groups is 1. The second-order valence-electron chi connectivity index (χ2n) is 6.11. The molecule has 2 aromatic rings. The lowest BCUT2D eigenvalue weighted by Gasteiger charge is -2.20. The molecular formula is C16H21N3O3S2. The van der Waals surface area contributed by atoms with E-state index in [0.717, 1.165) is 17.5 Å². The zero-order valence-electron chi connectivity index (χ0n) is 13.5. The van der Waals surface area contributed by atoms with Crippen LogP contribution in [0.3, 0.4) is 0 Å². The topological polar surface area (TPSA) is 88.2 Å². The van der Waals surface area contributed by atoms with Gasteiger partial charge in [0.2, 0.25) is 15.9 Å². The van der Waals surface area contributed by atoms with Gasteiger partial charge in [0.1, 0.15) is 0 Å². The number of carbonyl (C=O) groups excluding carboxylic acids is 1. The van der Waals surface area contributed by atoms with E-state index in [1.54, 1.807) is 12.1 Å². The maximum absolute atomic E-state index is 12.2. The lowest BCUT2D eigenvalue weighted by Crippen LogP contribution is -2.18. The highest BCUT2D eigenvalue weighted by molar-refractivity contribution is 7.89. The molecule has 1 amide bonds. The average molecular weight is 367 g/mol. The van der Waals surface area contributed by atoms with Gasteiger partial charge in [0.05, 0.1) is 15.1 Å². The molecule has 0 atom stereocenters. The summed E-state index contributed by atoms with van der Waals surface area (Å²) in [5.41, 5.74) is 0.683. The summed E-state index contributed by atoms with van der Waals surface area (Å²) in [6.07, 6.45) is 6.48. The molecule has 130 valence electrons. The van der Waals surface area contributed by atoms with Gasteiger partial charge in [0.15, 0.2) is 5.13 Å². The summed E-state index contributed by atoms with van der Waals surface area (Å²) in [5, 5.41) is 3.37. The van der Waals surface area contributed by atoms with Crippen molar-refractivity contribution in [3.63, 3.8) is 0 Å². The molecule has 8 heteroatoms. The van der Waals surface area contributed by atoms with Gasteiger partial charge in [-0.2, -0.15) is 0 Å². The van der Waals surface area contributed by atoms with Crippen molar-refractivity contribution in [3.8, 4) is 0 Å². The Kier molecular flexibility index (Phi) is 5.17. The molecule has 0 saturated heterocycles. The Morgan fingerprint density at radius 3 is 2.75 bits per heavy atom. The monoisotopic (exact) mass is 367 g/mol. The predicted octanol–water partition coefficient (Wildman–Crippen LogP) is 3.11. The van der Waals surface area contributed by atoms with Crippen LogP contribution in [0.1, 0.15) is 38.5 Å². The molecule has 0 aliphatic heterocycles. The van der Waals surface area contributed by atoms with Crippen molar-refractivity contribution < 1.29 is 13.2 Å². The van der Waals surface area contributed by atoms with Crippen molar-refractivity contribution in [1.29, 1.82) is 0 Å². The Balaban J connectivity index is 1.72. The molecule has 1 aromatic heterocycles. The van der Waals surface area contributed by atoms with Crippen LogP contribution in [0.15, 0.2) is 23.1 Å². The van der Waals surface area contributed by atoms with Gasteiger partial charge in [-0.25, -0.2) is 18.1 Å². The highest BCUT2D eigenvalue weighted by Gasteiger charge is 2.18. The fraction of sp³-hybridized carbons (Fsp3) is 0.500.